The number of amides is 3. The van der Waals surface area contributed by atoms with Gasteiger partial charge in [0, 0.05) is 37.9 Å². The van der Waals surface area contributed by atoms with E-state index in [1.54, 1.807) is 36.5 Å². The molecule has 5 rings (SSSR count). The first-order valence-electron chi connectivity index (χ1n) is 13.6. The van der Waals surface area contributed by atoms with E-state index in [4.69, 9.17) is 0 Å². The highest BCUT2D eigenvalue weighted by Gasteiger charge is 2.31. The number of carbonyl (C=O) groups excluding carboxylic acids is 2. The van der Waals surface area contributed by atoms with Crippen molar-refractivity contribution in [2.75, 3.05) is 43.4 Å². The molecule has 1 aromatic carbocycles. The summed E-state index contributed by atoms with van der Waals surface area (Å²) in [6.07, 6.45) is 8.98. The van der Waals surface area contributed by atoms with E-state index in [9.17, 15) is 14.7 Å². The van der Waals surface area contributed by atoms with Crippen molar-refractivity contribution < 1.29 is 14.7 Å². The van der Waals surface area contributed by atoms with Crippen molar-refractivity contribution in [1.29, 1.82) is 0 Å². The second kappa shape index (κ2) is 11.6. The van der Waals surface area contributed by atoms with Gasteiger partial charge >= 0.3 is 6.03 Å². The highest BCUT2D eigenvalue weighted by atomic mass is 16.3. The molecule has 1 saturated heterocycles. The van der Waals surface area contributed by atoms with E-state index in [-0.39, 0.29) is 18.0 Å². The predicted octanol–water partition coefficient (Wildman–Crippen LogP) is 3.58. The van der Waals surface area contributed by atoms with Gasteiger partial charge in [0.15, 0.2) is 5.82 Å². The van der Waals surface area contributed by atoms with Crippen LogP contribution in [-0.2, 0) is 0 Å². The number of hydrogen-bond donors (Lipinski definition) is 3. The number of likely N-dealkylation sites (N-methyl/N-ethyl adjacent to an activating group) is 1. The summed E-state index contributed by atoms with van der Waals surface area (Å²) in [5.74, 6) is 0.154. The van der Waals surface area contributed by atoms with Gasteiger partial charge < -0.3 is 20.6 Å². The molecule has 3 aliphatic rings. The first kappa shape index (κ1) is 25.6. The van der Waals surface area contributed by atoms with Crippen LogP contribution in [0.3, 0.4) is 0 Å². The van der Waals surface area contributed by atoms with E-state index in [1.165, 1.54) is 17.7 Å². The molecule has 198 valence electrons. The molecule has 37 heavy (non-hydrogen) atoms. The molecular formula is C28H38N6O3. The van der Waals surface area contributed by atoms with Gasteiger partial charge in [-0.2, -0.15) is 0 Å². The van der Waals surface area contributed by atoms with Crippen LogP contribution in [0.5, 0.6) is 0 Å². The van der Waals surface area contributed by atoms with Gasteiger partial charge in [0.2, 0.25) is 0 Å². The Morgan fingerprint density at radius 3 is 2.78 bits per heavy atom. The molecule has 3 N–H and O–H groups in total. The highest BCUT2D eigenvalue weighted by Crippen LogP contribution is 2.36. The summed E-state index contributed by atoms with van der Waals surface area (Å²) in [4.78, 5) is 37.2. The molecule has 9 nitrogen and oxygen atoms in total. The molecule has 1 aliphatic carbocycles. The first-order chi connectivity index (χ1) is 18.0. The minimum atomic E-state index is -0.296. The maximum Gasteiger partial charge on any atom is 0.327 e. The number of benzene rings is 1. The number of rotatable bonds is 6. The Morgan fingerprint density at radius 2 is 1.95 bits per heavy atom. The van der Waals surface area contributed by atoms with Gasteiger partial charge in [-0.3, -0.25) is 9.69 Å². The quantitative estimate of drug-likeness (QED) is 0.554. The molecule has 1 aromatic heterocycles. The Bertz CT molecular complexity index is 1100. The number of nitrogens with zero attached hydrogens (tertiary/aromatic N) is 4. The molecule has 2 aliphatic heterocycles. The number of para-hydroxylation sites is 1. The van der Waals surface area contributed by atoms with Crippen molar-refractivity contribution >= 4 is 29.1 Å². The lowest BCUT2D eigenvalue weighted by molar-refractivity contribution is 0.0582. The number of likely N-dealkylation sites (tertiary alicyclic amines) is 1. The van der Waals surface area contributed by atoms with Crippen LogP contribution in [0.4, 0.5) is 22.0 Å². The Morgan fingerprint density at radius 1 is 1.14 bits per heavy atom. The summed E-state index contributed by atoms with van der Waals surface area (Å²) >= 11 is 0. The third-order valence-corrected chi connectivity index (χ3v) is 8.05. The molecule has 3 amide bonds. The number of nitrogens with one attached hydrogen (secondary N) is 2. The SMILES string of the molecule is CN(CC1CCCCN1CCNC(=O)N1c2ccccc2C(=O)Nc2cccnc21)[C@H]1CC[C@H](O)CC1. The number of fused-ring (bicyclic) bond motifs is 2. The number of aliphatic hydroxyl groups is 1. The van der Waals surface area contributed by atoms with E-state index < -0.39 is 0 Å². The fraction of sp³-hybridized carbons (Fsp3) is 0.536. The lowest BCUT2D eigenvalue weighted by Gasteiger charge is -2.41. The average Bonchev–Trinajstić information content (AvgIpc) is 3.03. The van der Waals surface area contributed by atoms with Crippen LogP contribution in [0, 0.1) is 0 Å². The average molecular weight is 507 g/mol. The number of anilines is 3. The van der Waals surface area contributed by atoms with Gasteiger partial charge in [-0.25, -0.2) is 14.7 Å². The van der Waals surface area contributed by atoms with Crippen molar-refractivity contribution in [2.45, 2.75) is 63.1 Å². The van der Waals surface area contributed by atoms with Crippen LogP contribution in [0.2, 0.25) is 0 Å². The third-order valence-electron chi connectivity index (χ3n) is 8.05. The minimum Gasteiger partial charge on any atom is -0.393 e. The van der Waals surface area contributed by atoms with Gasteiger partial charge in [-0.05, 0) is 76.4 Å². The monoisotopic (exact) mass is 506 g/mol. The summed E-state index contributed by atoms with van der Waals surface area (Å²) in [6, 6.07) is 11.3. The second-order valence-electron chi connectivity index (χ2n) is 10.5. The van der Waals surface area contributed by atoms with E-state index in [1.807, 2.05) is 6.07 Å². The van der Waals surface area contributed by atoms with E-state index in [0.29, 0.717) is 41.4 Å². The largest absolute Gasteiger partial charge is 0.393 e. The van der Waals surface area contributed by atoms with Crippen molar-refractivity contribution in [1.82, 2.24) is 20.1 Å². The number of aromatic nitrogens is 1. The lowest BCUT2D eigenvalue weighted by Crippen LogP contribution is -2.51. The lowest BCUT2D eigenvalue weighted by atomic mass is 9.91. The Labute approximate surface area is 218 Å². The summed E-state index contributed by atoms with van der Waals surface area (Å²) in [5, 5.41) is 15.8. The van der Waals surface area contributed by atoms with Crippen molar-refractivity contribution in [3.8, 4) is 0 Å². The van der Waals surface area contributed by atoms with Gasteiger partial charge in [0.05, 0.1) is 23.0 Å². The molecule has 9 heteroatoms. The zero-order valence-electron chi connectivity index (χ0n) is 21.6. The predicted molar refractivity (Wildman–Crippen MR) is 144 cm³/mol. The molecule has 2 aromatic rings. The maximum atomic E-state index is 13.5. The number of urea groups is 1. The smallest absolute Gasteiger partial charge is 0.327 e. The van der Waals surface area contributed by atoms with Gasteiger partial charge in [-0.1, -0.05) is 18.6 Å². The number of pyridine rings is 1. The summed E-state index contributed by atoms with van der Waals surface area (Å²) in [5.41, 5.74) is 1.46. The summed E-state index contributed by atoms with van der Waals surface area (Å²) < 4.78 is 0. The van der Waals surface area contributed by atoms with Crippen LogP contribution in [0.1, 0.15) is 55.3 Å². The molecular weight excluding hydrogens is 468 g/mol. The standard InChI is InChI=1S/C28H38N6O3/c1-32(20-11-13-22(35)14-12-20)19-21-7-4-5-17-33(21)18-16-30-28(37)34-25-10-3-2-8-23(25)27(36)31-24-9-6-15-29-26(24)34/h2-3,6,8-10,15,20-22,35H,4-5,7,11-14,16-19H2,1H3,(H,30,37)(H,31,36)/t20-,21?,22-. The van der Waals surface area contributed by atoms with Crippen LogP contribution < -0.4 is 15.5 Å². The molecule has 1 saturated carbocycles. The van der Waals surface area contributed by atoms with E-state index >= 15 is 0 Å². The Kier molecular flexibility index (Phi) is 8.02. The number of carbonyl (C=O) groups is 2. The fourth-order valence-electron chi connectivity index (χ4n) is 5.97. The highest BCUT2D eigenvalue weighted by molar-refractivity contribution is 6.16. The van der Waals surface area contributed by atoms with Crippen LogP contribution in [0.15, 0.2) is 42.6 Å². The topological polar surface area (TPSA) is 101 Å². The van der Waals surface area contributed by atoms with Gasteiger partial charge in [0.1, 0.15) is 0 Å². The number of piperidine rings is 1. The molecule has 2 fully saturated rings. The van der Waals surface area contributed by atoms with E-state index in [2.05, 4.69) is 32.5 Å². The summed E-state index contributed by atoms with van der Waals surface area (Å²) in [7, 11) is 2.22. The van der Waals surface area contributed by atoms with Crippen molar-refractivity contribution in [3.63, 3.8) is 0 Å². The van der Waals surface area contributed by atoms with Crippen LogP contribution in [0.25, 0.3) is 0 Å². The van der Waals surface area contributed by atoms with Crippen molar-refractivity contribution in [2.24, 2.45) is 0 Å². The van der Waals surface area contributed by atoms with Crippen LogP contribution in [-0.4, -0.2) is 83.2 Å². The zero-order valence-corrected chi connectivity index (χ0v) is 21.6. The normalized spacial score (nSPS) is 24.1. The van der Waals surface area contributed by atoms with Crippen LogP contribution >= 0.6 is 0 Å². The molecule has 0 radical (unpaired) electrons. The van der Waals surface area contributed by atoms with Gasteiger partial charge in [-0.15, -0.1) is 0 Å². The molecule has 0 bridgehead atoms. The molecule has 1 unspecified atom stereocenters. The summed E-state index contributed by atoms with van der Waals surface area (Å²) in [6.45, 7) is 3.33. The van der Waals surface area contributed by atoms with Gasteiger partial charge in [0.25, 0.3) is 5.91 Å². The second-order valence-corrected chi connectivity index (χ2v) is 10.5. The molecule has 3 heterocycles. The number of aliphatic hydroxyl groups excluding tert-OH is 1. The molecule has 1 atom stereocenters. The zero-order chi connectivity index (χ0) is 25.8. The fourth-order valence-corrected chi connectivity index (χ4v) is 5.97. The first-order valence-corrected chi connectivity index (χ1v) is 13.6. The third kappa shape index (κ3) is 5.79. The minimum absolute atomic E-state index is 0.133. The Hall–Kier alpha value is -3.01. The van der Waals surface area contributed by atoms with Crippen molar-refractivity contribution in [3.05, 3.63) is 48.2 Å². The Balaban J connectivity index is 1.23. The van der Waals surface area contributed by atoms with E-state index in [0.717, 1.165) is 51.7 Å². The molecule has 0 spiro atoms. The number of hydrogen-bond acceptors (Lipinski definition) is 6. The maximum absolute atomic E-state index is 13.5.